The molecule has 2 fully saturated rings. The Hall–Kier alpha value is -2.49. The standard InChI is InChI=1S/C25H31NO3/c1-17-7-5-8-18(13-17)14-19-15-20(16-26-25(19)27)22-11-6-12-23(24(22)28-2)29-21-9-3-4-10-21/h5-8,11-13,19-21H,3-4,9-10,14-16H2,1-2H3,(H,26,27)/t19-,20-/m1/s1. The summed E-state index contributed by atoms with van der Waals surface area (Å²) in [4.78, 5) is 12.5. The van der Waals surface area contributed by atoms with Gasteiger partial charge in [-0.15, -0.1) is 0 Å². The van der Waals surface area contributed by atoms with Crippen LogP contribution < -0.4 is 14.8 Å². The number of benzene rings is 2. The maximum atomic E-state index is 12.5. The first-order valence-electron chi connectivity index (χ1n) is 10.8. The van der Waals surface area contributed by atoms with Crippen molar-refractivity contribution >= 4 is 5.91 Å². The van der Waals surface area contributed by atoms with Crippen LogP contribution in [0.4, 0.5) is 0 Å². The molecule has 1 saturated heterocycles. The molecule has 2 aromatic rings. The van der Waals surface area contributed by atoms with Crippen LogP contribution in [0.5, 0.6) is 11.5 Å². The minimum absolute atomic E-state index is 0.0281. The molecule has 1 heterocycles. The van der Waals surface area contributed by atoms with Crippen molar-refractivity contribution in [2.75, 3.05) is 13.7 Å². The van der Waals surface area contributed by atoms with E-state index in [-0.39, 0.29) is 17.7 Å². The Morgan fingerprint density at radius 3 is 2.66 bits per heavy atom. The largest absolute Gasteiger partial charge is 0.493 e. The van der Waals surface area contributed by atoms with Gasteiger partial charge in [0, 0.05) is 23.9 Å². The molecule has 2 aromatic carbocycles. The van der Waals surface area contributed by atoms with E-state index in [4.69, 9.17) is 9.47 Å². The molecule has 1 amide bonds. The van der Waals surface area contributed by atoms with Crippen LogP contribution in [0.3, 0.4) is 0 Å². The molecular weight excluding hydrogens is 362 g/mol. The Kier molecular flexibility index (Phi) is 6.08. The molecular formula is C25H31NO3. The van der Waals surface area contributed by atoms with E-state index in [1.807, 2.05) is 12.1 Å². The first-order valence-corrected chi connectivity index (χ1v) is 10.8. The van der Waals surface area contributed by atoms with Crippen LogP contribution in [0.15, 0.2) is 42.5 Å². The van der Waals surface area contributed by atoms with E-state index >= 15 is 0 Å². The predicted molar refractivity (Wildman–Crippen MR) is 115 cm³/mol. The Morgan fingerprint density at radius 2 is 1.90 bits per heavy atom. The zero-order valence-corrected chi connectivity index (χ0v) is 17.4. The third kappa shape index (κ3) is 4.58. The second kappa shape index (κ2) is 8.89. The molecule has 154 valence electrons. The van der Waals surface area contributed by atoms with E-state index in [0.29, 0.717) is 12.6 Å². The number of carbonyl (C=O) groups is 1. The number of ether oxygens (including phenoxy) is 2. The molecule has 29 heavy (non-hydrogen) atoms. The minimum atomic E-state index is -0.0281. The maximum absolute atomic E-state index is 12.5. The van der Waals surface area contributed by atoms with Gasteiger partial charge < -0.3 is 14.8 Å². The fraction of sp³-hybridized carbons (Fsp3) is 0.480. The van der Waals surface area contributed by atoms with Crippen molar-refractivity contribution in [3.05, 3.63) is 59.2 Å². The summed E-state index contributed by atoms with van der Waals surface area (Å²) in [5.74, 6) is 2.02. The topological polar surface area (TPSA) is 47.6 Å². The van der Waals surface area contributed by atoms with E-state index in [1.165, 1.54) is 24.0 Å². The Balaban J connectivity index is 1.53. The number of aryl methyl sites for hydroxylation is 1. The summed E-state index contributed by atoms with van der Waals surface area (Å²) in [5.41, 5.74) is 3.59. The van der Waals surface area contributed by atoms with Gasteiger partial charge in [0.1, 0.15) is 0 Å². The smallest absolute Gasteiger partial charge is 0.223 e. The van der Waals surface area contributed by atoms with Crippen molar-refractivity contribution in [3.63, 3.8) is 0 Å². The average molecular weight is 394 g/mol. The number of amides is 1. The van der Waals surface area contributed by atoms with Gasteiger partial charge in [0.05, 0.1) is 13.2 Å². The first kappa shape index (κ1) is 19.8. The van der Waals surface area contributed by atoms with Crippen LogP contribution in [0.25, 0.3) is 0 Å². The summed E-state index contributed by atoms with van der Waals surface area (Å²) < 4.78 is 12.1. The number of piperidine rings is 1. The van der Waals surface area contributed by atoms with Gasteiger partial charge in [-0.2, -0.15) is 0 Å². The molecule has 2 aliphatic rings. The van der Waals surface area contributed by atoms with Gasteiger partial charge in [0.25, 0.3) is 0 Å². The fourth-order valence-corrected chi connectivity index (χ4v) is 4.79. The van der Waals surface area contributed by atoms with Crippen molar-refractivity contribution in [2.24, 2.45) is 5.92 Å². The molecule has 0 radical (unpaired) electrons. The summed E-state index contributed by atoms with van der Waals surface area (Å²) in [5, 5.41) is 3.12. The summed E-state index contributed by atoms with van der Waals surface area (Å²) in [6, 6.07) is 14.6. The lowest BCUT2D eigenvalue weighted by molar-refractivity contribution is -0.126. The number of nitrogens with one attached hydrogen (secondary N) is 1. The zero-order chi connectivity index (χ0) is 20.2. The van der Waals surface area contributed by atoms with Crippen LogP contribution in [0.2, 0.25) is 0 Å². The summed E-state index contributed by atoms with van der Waals surface area (Å²) >= 11 is 0. The van der Waals surface area contributed by atoms with Gasteiger partial charge in [-0.05, 0) is 57.1 Å². The van der Waals surface area contributed by atoms with Gasteiger partial charge >= 0.3 is 0 Å². The summed E-state index contributed by atoms with van der Waals surface area (Å²) in [6.45, 7) is 2.74. The van der Waals surface area contributed by atoms with E-state index < -0.39 is 0 Å². The van der Waals surface area contributed by atoms with Crippen molar-refractivity contribution in [1.29, 1.82) is 0 Å². The number of para-hydroxylation sites is 1. The second-order valence-corrected chi connectivity index (χ2v) is 8.47. The molecule has 4 nitrogen and oxygen atoms in total. The van der Waals surface area contributed by atoms with Crippen molar-refractivity contribution in [1.82, 2.24) is 5.32 Å². The van der Waals surface area contributed by atoms with Gasteiger partial charge in [-0.1, -0.05) is 42.0 Å². The Bertz CT molecular complexity index is 857. The highest BCUT2D eigenvalue weighted by atomic mass is 16.5. The molecule has 1 N–H and O–H groups in total. The number of hydrogen-bond donors (Lipinski definition) is 1. The molecule has 4 rings (SSSR count). The first-order chi connectivity index (χ1) is 14.1. The summed E-state index contributed by atoms with van der Waals surface area (Å²) in [7, 11) is 1.71. The van der Waals surface area contributed by atoms with E-state index in [9.17, 15) is 4.79 Å². The molecule has 0 spiro atoms. The van der Waals surface area contributed by atoms with E-state index in [2.05, 4.69) is 42.6 Å². The van der Waals surface area contributed by atoms with Crippen molar-refractivity contribution < 1.29 is 14.3 Å². The number of methoxy groups -OCH3 is 1. The average Bonchev–Trinajstić information content (AvgIpc) is 3.23. The molecule has 4 heteroatoms. The number of hydrogen-bond acceptors (Lipinski definition) is 3. The van der Waals surface area contributed by atoms with Gasteiger partial charge in [0.15, 0.2) is 11.5 Å². The van der Waals surface area contributed by atoms with Crippen LogP contribution in [0.1, 0.15) is 54.7 Å². The zero-order valence-electron chi connectivity index (χ0n) is 17.4. The van der Waals surface area contributed by atoms with Gasteiger partial charge in [0.2, 0.25) is 5.91 Å². The number of rotatable bonds is 6. The number of carbonyl (C=O) groups excluding carboxylic acids is 1. The monoisotopic (exact) mass is 393 g/mol. The molecule has 1 saturated carbocycles. The third-order valence-corrected chi connectivity index (χ3v) is 6.28. The molecule has 2 atom stereocenters. The normalized spacial score (nSPS) is 22.3. The SMILES string of the molecule is COc1c(OC2CCCC2)cccc1[C@H]1CNC(=O)[C@H](Cc2cccc(C)c2)C1. The van der Waals surface area contributed by atoms with Crippen molar-refractivity contribution in [3.8, 4) is 11.5 Å². The lowest BCUT2D eigenvalue weighted by Gasteiger charge is -2.31. The highest BCUT2D eigenvalue weighted by molar-refractivity contribution is 5.80. The van der Waals surface area contributed by atoms with Crippen LogP contribution >= 0.6 is 0 Å². The molecule has 0 unspecified atom stereocenters. The Morgan fingerprint density at radius 1 is 1.10 bits per heavy atom. The minimum Gasteiger partial charge on any atom is -0.493 e. The maximum Gasteiger partial charge on any atom is 0.223 e. The quantitative estimate of drug-likeness (QED) is 0.768. The van der Waals surface area contributed by atoms with E-state index in [0.717, 1.165) is 42.7 Å². The van der Waals surface area contributed by atoms with Gasteiger partial charge in [-0.25, -0.2) is 0 Å². The van der Waals surface area contributed by atoms with Gasteiger partial charge in [-0.3, -0.25) is 4.79 Å². The van der Waals surface area contributed by atoms with Crippen LogP contribution in [-0.4, -0.2) is 25.7 Å². The Labute approximate surface area is 173 Å². The van der Waals surface area contributed by atoms with Crippen LogP contribution in [0, 0.1) is 12.8 Å². The molecule has 0 bridgehead atoms. The van der Waals surface area contributed by atoms with Crippen LogP contribution in [-0.2, 0) is 11.2 Å². The van der Waals surface area contributed by atoms with E-state index in [1.54, 1.807) is 7.11 Å². The molecule has 1 aliphatic carbocycles. The molecule has 1 aliphatic heterocycles. The highest BCUT2D eigenvalue weighted by Crippen LogP contribution is 2.41. The summed E-state index contributed by atoms with van der Waals surface area (Å²) in [6.07, 6.45) is 6.59. The lowest BCUT2D eigenvalue weighted by atomic mass is 9.81. The highest BCUT2D eigenvalue weighted by Gasteiger charge is 2.32. The third-order valence-electron chi connectivity index (χ3n) is 6.28. The molecule has 0 aromatic heterocycles. The lowest BCUT2D eigenvalue weighted by Crippen LogP contribution is -2.41. The van der Waals surface area contributed by atoms with Crippen molar-refractivity contribution in [2.45, 2.75) is 57.5 Å². The predicted octanol–water partition coefficient (Wildman–Crippen LogP) is 4.79. The second-order valence-electron chi connectivity index (χ2n) is 8.47. The fourth-order valence-electron chi connectivity index (χ4n) is 4.79.